The number of amides is 2. The number of hydrogen-bond donors (Lipinski definition) is 0. The van der Waals surface area contributed by atoms with E-state index in [9.17, 15) is 14.9 Å². The first-order valence-corrected chi connectivity index (χ1v) is 12.0. The van der Waals surface area contributed by atoms with Gasteiger partial charge >= 0.3 is 0 Å². The first-order valence-electron chi connectivity index (χ1n) is 10.8. The van der Waals surface area contributed by atoms with Gasteiger partial charge in [0.05, 0.1) is 17.5 Å². The van der Waals surface area contributed by atoms with Crippen LogP contribution in [-0.2, 0) is 27.3 Å². The normalized spacial score (nSPS) is 24.2. The summed E-state index contributed by atoms with van der Waals surface area (Å²) < 4.78 is 5.66. The van der Waals surface area contributed by atoms with Crippen molar-refractivity contribution >= 4 is 45.4 Å². The Bertz CT molecular complexity index is 1290. The summed E-state index contributed by atoms with van der Waals surface area (Å²) in [5.41, 5.74) is 2.08. The topological polar surface area (TPSA) is 86.8 Å². The summed E-state index contributed by atoms with van der Waals surface area (Å²) >= 11 is 7.42. The van der Waals surface area contributed by atoms with Gasteiger partial charge in [-0.25, -0.2) is 9.96 Å². The van der Waals surface area contributed by atoms with E-state index in [2.05, 4.69) is 6.07 Å². The summed E-state index contributed by atoms with van der Waals surface area (Å²) in [6.45, 7) is 0. The molecule has 4 heterocycles. The number of aryl methyl sites for hydroxylation is 1. The van der Waals surface area contributed by atoms with E-state index in [1.165, 1.54) is 22.5 Å². The maximum Gasteiger partial charge on any atom is 0.267 e. The Morgan fingerprint density at radius 3 is 2.61 bits per heavy atom. The number of halogens is 1. The zero-order valence-electron chi connectivity index (χ0n) is 17.4. The molecule has 3 aromatic rings. The molecule has 6 rings (SSSR count). The standard InChI is InChI=1S/C24H18ClN3O4S/c25-13-7-9-14(10-8-13)28-20(17-5-3-11-31-17)19-21(32-28)23(30)27(22(19)29)24-16(12-26)15-4-1-2-6-18(15)33-24/h3,5,7-11,19-21H,1-2,4,6H2/t19-,20-,21-/m1/s1. The van der Waals surface area contributed by atoms with Gasteiger partial charge in [0.2, 0.25) is 5.91 Å². The van der Waals surface area contributed by atoms with Crippen molar-refractivity contribution < 1.29 is 18.8 Å². The van der Waals surface area contributed by atoms with Gasteiger partial charge < -0.3 is 4.42 Å². The number of nitriles is 1. The highest BCUT2D eigenvalue weighted by atomic mass is 35.5. The van der Waals surface area contributed by atoms with Crippen molar-refractivity contribution in [3.63, 3.8) is 0 Å². The average molecular weight is 480 g/mol. The Morgan fingerprint density at radius 2 is 1.88 bits per heavy atom. The minimum absolute atomic E-state index is 0.377. The summed E-state index contributed by atoms with van der Waals surface area (Å²) in [5.74, 6) is -1.11. The van der Waals surface area contributed by atoms with Gasteiger partial charge in [0, 0.05) is 9.90 Å². The first kappa shape index (κ1) is 20.5. The Balaban J connectivity index is 1.42. The minimum atomic E-state index is -1.01. The molecule has 0 bridgehead atoms. The van der Waals surface area contributed by atoms with E-state index in [0.717, 1.165) is 36.1 Å². The number of carbonyl (C=O) groups excluding carboxylic acids is 2. The number of anilines is 2. The Kier molecular flexibility index (Phi) is 4.80. The van der Waals surface area contributed by atoms with E-state index in [-0.39, 0.29) is 5.91 Å². The SMILES string of the molecule is N#Cc1c(N2C(=O)[C@@H]3[C@@H](c4ccco4)N(c4ccc(Cl)cc4)O[C@H]3C2=O)sc2c1CCCC2. The van der Waals surface area contributed by atoms with E-state index in [1.54, 1.807) is 41.5 Å². The van der Waals surface area contributed by atoms with Crippen LogP contribution in [0.3, 0.4) is 0 Å². The minimum Gasteiger partial charge on any atom is -0.467 e. The number of hydrogen-bond acceptors (Lipinski definition) is 7. The molecule has 1 aliphatic carbocycles. The van der Waals surface area contributed by atoms with Gasteiger partial charge in [-0.2, -0.15) is 5.26 Å². The Morgan fingerprint density at radius 1 is 1.09 bits per heavy atom. The van der Waals surface area contributed by atoms with Gasteiger partial charge in [0.1, 0.15) is 28.8 Å². The maximum atomic E-state index is 13.7. The second-order valence-electron chi connectivity index (χ2n) is 8.33. The van der Waals surface area contributed by atoms with Crippen molar-refractivity contribution in [1.29, 1.82) is 5.26 Å². The quantitative estimate of drug-likeness (QED) is 0.502. The summed E-state index contributed by atoms with van der Waals surface area (Å²) in [5, 5.41) is 12.4. The van der Waals surface area contributed by atoms with E-state index < -0.39 is 24.0 Å². The molecule has 9 heteroatoms. The van der Waals surface area contributed by atoms with Crippen LogP contribution < -0.4 is 9.96 Å². The summed E-state index contributed by atoms with van der Waals surface area (Å²) in [6.07, 6.45) is 4.24. The molecule has 0 N–H and O–H groups in total. The van der Waals surface area contributed by atoms with Crippen LogP contribution in [0.4, 0.5) is 10.7 Å². The van der Waals surface area contributed by atoms with Crippen molar-refractivity contribution in [1.82, 2.24) is 0 Å². The van der Waals surface area contributed by atoms with Gasteiger partial charge in [0.15, 0.2) is 6.10 Å². The molecular formula is C24H18ClN3O4S. The van der Waals surface area contributed by atoms with E-state index in [1.807, 2.05) is 0 Å². The molecule has 1 aromatic carbocycles. The molecular weight excluding hydrogens is 462 g/mol. The monoisotopic (exact) mass is 479 g/mol. The van der Waals surface area contributed by atoms with E-state index in [4.69, 9.17) is 20.9 Å². The first-order chi connectivity index (χ1) is 16.1. The van der Waals surface area contributed by atoms with Crippen LogP contribution in [-0.4, -0.2) is 17.9 Å². The third-order valence-electron chi connectivity index (χ3n) is 6.50. The fourth-order valence-corrected chi connectivity index (χ4v) is 6.47. The summed E-state index contributed by atoms with van der Waals surface area (Å²) in [4.78, 5) is 35.6. The van der Waals surface area contributed by atoms with E-state index in [0.29, 0.717) is 27.0 Å². The van der Waals surface area contributed by atoms with Crippen molar-refractivity contribution in [2.45, 2.75) is 37.8 Å². The number of imide groups is 1. The molecule has 0 radical (unpaired) electrons. The third-order valence-corrected chi connectivity index (χ3v) is 8.03. The highest BCUT2D eigenvalue weighted by Gasteiger charge is 2.61. The molecule has 7 nitrogen and oxygen atoms in total. The largest absolute Gasteiger partial charge is 0.467 e. The molecule has 2 aromatic heterocycles. The second-order valence-corrected chi connectivity index (χ2v) is 9.85. The molecule has 3 aliphatic rings. The number of hydroxylamine groups is 1. The molecule has 0 unspecified atom stereocenters. The smallest absolute Gasteiger partial charge is 0.267 e. The van der Waals surface area contributed by atoms with Crippen LogP contribution in [0.1, 0.15) is 40.6 Å². The lowest BCUT2D eigenvalue weighted by molar-refractivity contribution is -0.126. The molecule has 2 fully saturated rings. The molecule has 2 saturated heterocycles. The van der Waals surface area contributed by atoms with Gasteiger partial charge in [-0.15, -0.1) is 11.3 Å². The van der Waals surface area contributed by atoms with Crippen molar-refractivity contribution in [3.05, 3.63) is 69.4 Å². The molecule has 0 spiro atoms. The number of nitrogens with zero attached hydrogens (tertiary/aromatic N) is 3. The van der Waals surface area contributed by atoms with Gasteiger partial charge in [0.25, 0.3) is 5.91 Å². The molecule has 2 amide bonds. The Labute approximate surface area is 198 Å². The van der Waals surface area contributed by atoms with Crippen LogP contribution in [0.5, 0.6) is 0 Å². The highest BCUT2D eigenvalue weighted by molar-refractivity contribution is 7.17. The number of fused-ring (bicyclic) bond motifs is 2. The maximum absolute atomic E-state index is 13.7. The molecule has 2 aliphatic heterocycles. The van der Waals surface area contributed by atoms with Crippen molar-refractivity contribution in [2.75, 3.05) is 9.96 Å². The average Bonchev–Trinajstić information content (AvgIpc) is 3.58. The zero-order valence-corrected chi connectivity index (χ0v) is 18.9. The lowest BCUT2D eigenvalue weighted by atomic mass is 9.94. The van der Waals surface area contributed by atoms with Crippen LogP contribution in [0.2, 0.25) is 5.02 Å². The molecule has 3 atom stereocenters. The molecule has 33 heavy (non-hydrogen) atoms. The van der Waals surface area contributed by atoms with Crippen molar-refractivity contribution in [2.24, 2.45) is 5.92 Å². The predicted molar refractivity (Wildman–Crippen MR) is 122 cm³/mol. The number of benzene rings is 1. The van der Waals surface area contributed by atoms with Gasteiger partial charge in [-0.1, -0.05) is 11.6 Å². The van der Waals surface area contributed by atoms with Crippen molar-refractivity contribution in [3.8, 4) is 6.07 Å². The number of thiophene rings is 1. The van der Waals surface area contributed by atoms with E-state index >= 15 is 0 Å². The fourth-order valence-electron chi connectivity index (χ4n) is 5.00. The van der Waals surface area contributed by atoms with Crippen LogP contribution in [0.15, 0.2) is 47.1 Å². The van der Waals surface area contributed by atoms with Crippen LogP contribution in [0.25, 0.3) is 0 Å². The Hall–Kier alpha value is -3.12. The lowest BCUT2D eigenvalue weighted by Crippen LogP contribution is -2.37. The molecule has 166 valence electrons. The number of carbonyl (C=O) groups is 2. The zero-order chi connectivity index (χ0) is 22.7. The third kappa shape index (κ3) is 3.04. The summed E-state index contributed by atoms with van der Waals surface area (Å²) in [7, 11) is 0. The van der Waals surface area contributed by atoms with Crippen LogP contribution >= 0.6 is 22.9 Å². The highest BCUT2D eigenvalue weighted by Crippen LogP contribution is 2.50. The predicted octanol–water partition coefficient (Wildman–Crippen LogP) is 4.80. The number of furan rings is 1. The van der Waals surface area contributed by atoms with Gasteiger partial charge in [-0.3, -0.25) is 14.4 Å². The van der Waals surface area contributed by atoms with Crippen LogP contribution in [0, 0.1) is 17.2 Å². The molecule has 0 saturated carbocycles. The fraction of sp³-hybridized carbons (Fsp3) is 0.292. The summed E-state index contributed by atoms with van der Waals surface area (Å²) in [6, 6.07) is 12.1. The number of rotatable bonds is 3. The second kappa shape index (κ2) is 7.73. The lowest BCUT2D eigenvalue weighted by Gasteiger charge is -2.27. The van der Waals surface area contributed by atoms with Gasteiger partial charge in [-0.05, 0) is 67.6 Å².